The number of nitrogens with one attached hydrogen (secondary N) is 2. The van der Waals surface area contributed by atoms with Crippen molar-refractivity contribution in [2.75, 3.05) is 58.5 Å². The van der Waals surface area contributed by atoms with Gasteiger partial charge in [0.1, 0.15) is 60.2 Å². The van der Waals surface area contributed by atoms with Crippen LogP contribution in [0.15, 0.2) is 120 Å². The molecule has 0 spiro atoms. The minimum atomic E-state index is -0.528. The Kier molecular flexibility index (Phi) is 21.1. The first-order valence-corrected chi connectivity index (χ1v) is 29.1. The van der Waals surface area contributed by atoms with Gasteiger partial charge in [-0.2, -0.15) is 15.1 Å². The molecule has 5 unspecified atom stereocenters. The van der Waals surface area contributed by atoms with Crippen molar-refractivity contribution in [3.05, 3.63) is 144 Å². The van der Waals surface area contributed by atoms with Crippen molar-refractivity contribution >= 4 is 45.3 Å². The predicted molar refractivity (Wildman–Crippen MR) is 325 cm³/mol. The molecular formula is C65H81FN10O7. The number of likely N-dealkylation sites (tertiary alicyclic amines) is 1. The third-order valence-corrected chi connectivity index (χ3v) is 15.8. The third-order valence-electron chi connectivity index (χ3n) is 15.8. The highest BCUT2D eigenvalue weighted by atomic mass is 19.1. The SMILES string of the molecule is C=C/C=C(\C=C/C)c1ccc(C(CO)NC)cc1.CC.CCc1c(F)ccc2cc(O)cc(-c3ncc4c(N5C[C@@H]6CC5CN6)nc(OC[C@H](C)OC)nc4c3OCc3ccc(C4CN(C(C(=O)N5CCCC5C=O)C(C)C)N=N4)cc3)c12. The van der Waals surface area contributed by atoms with E-state index in [4.69, 9.17) is 29.2 Å². The van der Waals surface area contributed by atoms with Gasteiger partial charge in [0.2, 0.25) is 5.91 Å². The van der Waals surface area contributed by atoms with E-state index in [0.717, 1.165) is 60.0 Å². The van der Waals surface area contributed by atoms with Crippen molar-refractivity contribution in [1.29, 1.82) is 0 Å². The van der Waals surface area contributed by atoms with Gasteiger partial charge in [0.15, 0.2) is 5.75 Å². The lowest BCUT2D eigenvalue weighted by atomic mass is 9.94. The summed E-state index contributed by atoms with van der Waals surface area (Å²) in [4.78, 5) is 44.3. The Balaban J connectivity index is 0.000000384. The van der Waals surface area contributed by atoms with Crippen molar-refractivity contribution in [2.24, 2.45) is 16.3 Å². The lowest BCUT2D eigenvalue weighted by Gasteiger charge is -2.32. The summed E-state index contributed by atoms with van der Waals surface area (Å²) in [7, 11) is 3.47. The van der Waals surface area contributed by atoms with Crippen LogP contribution in [0.5, 0.6) is 17.5 Å². The fourth-order valence-corrected chi connectivity index (χ4v) is 11.4. The smallest absolute Gasteiger partial charge is 0.319 e. The molecule has 6 heterocycles. The molecule has 4 aliphatic rings. The van der Waals surface area contributed by atoms with Gasteiger partial charge < -0.3 is 49.7 Å². The average Bonchev–Trinajstić information content (AvgIpc) is 4.11. The summed E-state index contributed by atoms with van der Waals surface area (Å²) >= 11 is 0. The number of ether oxygens (including phenoxy) is 3. The lowest BCUT2D eigenvalue weighted by Crippen LogP contribution is -2.51. The molecule has 3 saturated heterocycles. The van der Waals surface area contributed by atoms with Crippen LogP contribution in [0, 0.1) is 11.7 Å². The van der Waals surface area contributed by atoms with Crippen molar-refractivity contribution in [3.63, 3.8) is 0 Å². The molecule has 83 heavy (non-hydrogen) atoms. The summed E-state index contributed by atoms with van der Waals surface area (Å²) < 4.78 is 34.0. The fourth-order valence-electron chi connectivity index (χ4n) is 11.4. The zero-order valence-electron chi connectivity index (χ0n) is 49.4. The van der Waals surface area contributed by atoms with Gasteiger partial charge in [-0.05, 0) is 115 Å². The first-order chi connectivity index (χ1) is 40.3. The molecule has 2 aromatic heterocycles. The van der Waals surface area contributed by atoms with Gasteiger partial charge >= 0.3 is 6.01 Å². The van der Waals surface area contributed by atoms with Crippen molar-refractivity contribution < 1.29 is 38.4 Å². The van der Waals surface area contributed by atoms with Gasteiger partial charge in [0, 0.05) is 50.6 Å². The third kappa shape index (κ3) is 13.7. The van der Waals surface area contributed by atoms with E-state index >= 15 is 4.39 Å². The van der Waals surface area contributed by atoms with Gasteiger partial charge in [-0.15, -0.1) is 0 Å². The van der Waals surface area contributed by atoms with E-state index in [1.54, 1.807) is 47.5 Å². The Morgan fingerprint density at radius 2 is 1.80 bits per heavy atom. The summed E-state index contributed by atoms with van der Waals surface area (Å²) in [6, 6.07) is 21.9. The zero-order valence-corrected chi connectivity index (χ0v) is 49.4. The number of aryl methyl sites for hydroxylation is 1. The normalized spacial score (nSPS) is 19.5. The number of nitrogens with zero attached hydrogens (tertiary/aromatic N) is 8. The number of piperazine rings is 1. The number of benzene rings is 4. The van der Waals surface area contributed by atoms with Crippen molar-refractivity contribution in [2.45, 2.75) is 123 Å². The number of phenols is 1. The number of hydrogen-bond donors (Lipinski definition) is 4. The zero-order chi connectivity index (χ0) is 59.3. The number of aromatic nitrogens is 3. The number of aromatic hydroxyl groups is 1. The number of carbonyl (C=O) groups is 2. The molecular weight excluding hydrogens is 1050 g/mol. The number of allylic oxidation sites excluding steroid dienone is 5. The van der Waals surface area contributed by atoms with E-state index in [2.05, 4.69) is 50.7 Å². The van der Waals surface area contributed by atoms with Crippen LogP contribution in [0.1, 0.15) is 108 Å². The van der Waals surface area contributed by atoms with E-state index in [-0.39, 0.29) is 73.5 Å². The highest BCUT2D eigenvalue weighted by Gasteiger charge is 2.41. The molecule has 1 amide bonds. The number of likely N-dealkylation sites (N-methyl/N-ethyl adjacent to an activating group) is 1. The van der Waals surface area contributed by atoms with E-state index in [1.807, 2.05) is 104 Å². The lowest BCUT2D eigenvalue weighted by molar-refractivity contribution is -0.141. The van der Waals surface area contributed by atoms with Crippen LogP contribution in [-0.2, 0) is 27.4 Å². The molecule has 4 N–H and O–H groups in total. The van der Waals surface area contributed by atoms with Gasteiger partial charge in [0.05, 0.1) is 36.7 Å². The number of aliphatic hydroxyl groups is 1. The Morgan fingerprint density at radius 1 is 1.02 bits per heavy atom. The monoisotopic (exact) mass is 1130 g/mol. The van der Waals surface area contributed by atoms with Gasteiger partial charge in [0.25, 0.3) is 0 Å². The van der Waals surface area contributed by atoms with Crippen LogP contribution in [0.25, 0.3) is 38.5 Å². The Morgan fingerprint density at radius 3 is 2.43 bits per heavy atom. The predicted octanol–water partition coefficient (Wildman–Crippen LogP) is 10.8. The maximum atomic E-state index is 15.5. The molecule has 0 saturated carbocycles. The molecule has 2 bridgehead atoms. The molecule has 17 nitrogen and oxygen atoms in total. The number of methoxy groups -OCH3 is 1. The second kappa shape index (κ2) is 28.6. The highest BCUT2D eigenvalue weighted by Crippen LogP contribution is 2.45. The summed E-state index contributed by atoms with van der Waals surface area (Å²) in [6.45, 7) is 20.5. The molecule has 7 atom stereocenters. The van der Waals surface area contributed by atoms with E-state index in [9.17, 15) is 19.8 Å². The number of amides is 1. The number of aliphatic hydroxyl groups excluding tert-OH is 1. The molecule has 4 aromatic carbocycles. The first kappa shape index (κ1) is 61.4. The summed E-state index contributed by atoms with van der Waals surface area (Å²) in [5, 5.41) is 39.7. The van der Waals surface area contributed by atoms with Crippen LogP contribution < -0.4 is 25.0 Å². The first-order valence-electron chi connectivity index (χ1n) is 29.1. The fraction of sp³-hybridized carbons (Fsp3) is 0.431. The van der Waals surface area contributed by atoms with E-state index < -0.39 is 12.1 Å². The number of rotatable bonds is 21. The second-order valence-electron chi connectivity index (χ2n) is 21.4. The minimum absolute atomic E-state index is 0.00375. The molecule has 440 valence electrons. The number of hydrogen-bond acceptors (Lipinski definition) is 16. The summed E-state index contributed by atoms with van der Waals surface area (Å²) in [6.07, 6.45) is 13.1. The minimum Gasteiger partial charge on any atom is -0.508 e. The standard InChI is InChI=1S/C47H54FN9O6.C16H21NO.C2H6/c1-6-35-38(48)14-13-30-16-34(59)18-36(40(30)35)41-44(42-37(20-50-41)45(56-21-31-17-33(56)19-49-31)52-47(51-42)63-24-27(4)61-5)62-25-28-9-11-29(12-10-28)39-22-57(54-53-39)43(26(2)3)46(60)55-15-7-8-32(55)23-58;1-4-6-13(7-5-2)14-8-10-15(11-9-14)16(12-18)17-3;1-2/h9-14,16,18,20,23,26-27,31-33,39,43,49,59H,6-8,15,17,19,21-22,24-25H2,1-5H3;4-11,16-18H,1,12H2,2-3H3;1-2H3/b;7-5-,13-6+;/t27-,31-,32?,33?,39?,43?;;/m0../s1. The largest absolute Gasteiger partial charge is 0.508 e. The van der Waals surface area contributed by atoms with Crippen molar-refractivity contribution in [3.8, 4) is 28.8 Å². The number of aldehydes is 1. The highest BCUT2D eigenvalue weighted by molar-refractivity contribution is 6.04. The average molecular weight is 1130 g/mol. The van der Waals surface area contributed by atoms with Crippen LogP contribution in [0.2, 0.25) is 0 Å². The maximum Gasteiger partial charge on any atom is 0.319 e. The Hall–Kier alpha value is -7.64. The van der Waals surface area contributed by atoms with Gasteiger partial charge in [-0.25, -0.2) is 4.39 Å². The second-order valence-corrected chi connectivity index (χ2v) is 21.4. The maximum absolute atomic E-state index is 15.5. The number of fused-ring (bicyclic) bond motifs is 4. The van der Waals surface area contributed by atoms with E-state index in [1.165, 1.54) is 6.07 Å². The molecule has 0 radical (unpaired) electrons. The quantitative estimate of drug-likeness (QED) is 0.0392. The topological polar surface area (TPSA) is 199 Å². The van der Waals surface area contributed by atoms with E-state index in [0.29, 0.717) is 82.0 Å². The van der Waals surface area contributed by atoms with Crippen molar-refractivity contribution in [1.82, 2.24) is 35.5 Å². The summed E-state index contributed by atoms with van der Waals surface area (Å²) in [5.41, 5.74) is 7.00. The number of carbonyl (C=O) groups excluding carboxylic acids is 2. The molecule has 10 rings (SSSR count). The summed E-state index contributed by atoms with van der Waals surface area (Å²) in [5.74, 6) is 0.554. The van der Waals surface area contributed by atoms with Gasteiger partial charge in [-0.1, -0.05) is 125 Å². The van der Waals surface area contributed by atoms with Gasteiger partial charge in [-0.3, -0.25) is 14.8 Å². The molecule has 0 aliphatic carbocycles. The molecule has 3 fully saturated rings. The van der Waals surface area contributed by atoms with Crippen LogP contribution >= 0.6 is 0 Å². The number of pyridine rings is 1. The Bertz CT molecular complexity index is 3300. The molecule has 6 aromatic rings. The molecule has 18 heteroatoms. The van der Waals surface area contributed by atoms with Crippen LogP contribution in [-0.4, -0.2) is 131 Å². The number of phenolic OH excluding ortho intramolecular Hbond substituents is 1. The molecule has 4 aliphatic heterocycles. The number of anilines is 1. The Labute approximate surface area is 487 Å². The number of halogens is 1. The van der Waals surface area contributed by atoms with Crippen LogP contribution in [0.4, 0.5) is 10.2 Å². The van der Waals surface area contributed by atoms with Crippen LogP contribution in [0.3, 0.4) is 0 Å².